The number of hydrogen-bond acceptors (Lipinski definition) is 3. The number of para-hydroxylation sites is 1. The monoisotopic (exact) mass is 361 g/mol. The van der Waals surface area contributed by atoms with Crippen LogP contribution in [0.1, 0.15) is 17.2 Å². The van der Waals surface area contributed by atoms with Crippen LogP contribution >= 0.6 is 0 Å². The zero-order chi connectivity index (χ0) is 18.5. The molecule has 2 heterocycles. The number of nitrogens with one attached hydrogen (secondary N) is 1. The lowest BCUT2D eigenvalue weighted by Gasteiger charge is -2.35. The summed E-state index contributed by atoms with van der Waals surface area (Å²) in [6.07, 6.45) is 5.92. The van der Waals surface area contributed by atoms with Crippen molar-refractivity contribution in [3.63, 3.8) is 0 Å². The predicted octanol–water partition coefficient (Wildman–Crippen LogP) is 3.53. The number of hydrogen-bond donors (Lipinski definition) is 2. The highest BCUT2D eigenvalue weighted by Crippen LogP contribution is 2.24. The largest absolute Gasteiger partial charge is 0.387 e. The van der Waals surface area contributed by atoms with Crippen molar-refractivity contribution < 1.29 is 5.11 Å². The van der Waals surface area contributed by atoms with E-state index in [4.69, 9.17) is 0 Å². The van der Waals surface area contributed by atoms with Crippen LogP contribution in [0.25, 0.3) is 17.0 Å². The Kier molecular flexibility index (Phi) is 5.68. The standard InChI is InChI=1S/C23H27N3O/c27-23(21-17-24-22-11-5-4-10-20(21)22)18-26-15-13-25(14-16-26)12-6-9-19-7-2-1-3-8-19/h1-11,17,23-24,27H,12-16,18H2. The molecule has 1 saturated heterocycles. The Balaban J connectivity index is 1.26. The smallest absolute Gasteiger partial charge is 0.0937 e. The fraction of sp³-hybridized carbons (Fsp3) is 0.304. The van der Waals surface area contributed by atoms with E-state index in [1.807, 2.05) is 30.5 Å². The molecule has 1 unspecified atom stereocenters. The second-order valence-electron chi connectivity index (χ2n) is 7.22. The van der Waals surface area contributed by atoms with Crippen LogP contribution in [0, 0.1) is 0 Å². The van der Waals surface area contributed by atoms with Gasteiger partial charge in [-0.1, -0.05) is 60.7 Å². The lowest BCUT2D eigenvalue weighted by Crippen LogP contribution is -2.47. The highest BCUT2D eigenvalue weighted by atomic mass is 16.3. The van der Waals surface area contributed by atoms with Crippen LogP contribution in [0.15, 0.2) is 66.9 Å². The molecule has 4 rings (SSSR count). The minimum Gasteiger partial charge on any atom is -0.387 e. The number of piperazine rings is 1. The molecule has 1 aliphatic heterocycles. The number of fused-ring (bicyclic) bond motifs is 1. The molecule has 27 heavy (non-hydrogen) atoms. The Morgan fingerprint density at radius 2 is 1.63 bits per heavy atom. The van der Waals surface area contributed by atoms with Gasteiger partial charge in [0.1, 0.15) is 0 Å². The van der Waals surface area contributed by atoms with E-state index in [0.717, 1.165) is 49.2 Å². The molecule has 2 aromatic carbocycles. The van der Waals surface area contributed by atoms with Gasteiger partial charge in [0.15, 0.2) is 0 Å². The summed E-state index contributed by atoms with van der Waals surface area (Å²) in [4.78, 5) is 8.09. The summed E-state index contributed by atoms with van der Waals surface area (Å²) in [6.45, 7) is 5.75. The van der Waals surface area contributed by atoms with E-state index in [2.05, 4.69) is 57.3 Å². The Hall–Kier alpha value is -2.40. The third-order valence-electron chi connectivity index (χ3n) is 5.35. The number of benzene rings is 2. The van der Waals surface area contributed by atoms with Crippen molar-refractivity contribution in [1.82, 2.24) is 14.8 Å². The molecule has 0 bridgehead atoms. The van der Waals surface area contributed by atoms with E-state index < -0.39 is 6.10 Å². The quantitative estimate of drug-likeness (QED) is 0.706. The van der Waals surface area contributed by atoms with Gasteiger partial charge in [-0.15, -0.1) is 0 Å². The summed E-state index contributed by atoms with van der Waals surface area (Å²) in [6, 6.07) is 18.6. The van der Waals surface area contributed by atoms with Crippen LogP contribution < -0.4 is 0 Å². The van der Waals surface area contributed by atoms with Crippen molar-refractivity contribution in [3.05, 3.63) is 78.0 Å². The summed E-state index contributed by atoms with van der Waals surface area (Å²) in [7, 11) is 0. The van der Waals surface area contributed by atoms with Gasteiger partial charge in [0, 0.05) is 61.9 Å². The van der Waals surface area contributed by atoms with Crippen molar-refractivity contribution in [1.29, 1.82) is 0 Å². The Morgan fingerprint density at radius 1 is 0.926 bits per heavy atom. The first-order valence-electron chi connectivity index (χ1n) is 9.70. The minimum absolute atomic E-state index is 0.453. The van der Waals surface area contributed by atoms with Gasteiger partial charge in [0.2, 0.25) is 0 Å². The van der Waals surface area contributed by atoms with Crippen LogP contribution in [0.3, 0.4) is 0 Å². The molecule has 1 fully saturated rings. The Morgan fingerprint density at radius 3 is 2.44 bits per heavy atom. The second kappa shape index (κ2) is 8.53. The van der Waals surface area contributed by atoms with Crippen LogP contribution in [0.4, 0.5) is 0 Å². The van der Waals surface area contributed by atoms with Crippen molar-refractivity contribution in [3.8, 4) is 0 Å². The van der Waals surface area contributed by atoms with Crippen LogP contribution in [0.5, 0.6) is 0 Å². The predicted molar refractivity (Wildman–Crippen MR) is 112 cm³/mol. The van der Waals surface area contributed by atoms with E-state index >= 15 is 0 Å². The summed E-state index contributed by atoms with van der Waals surface area (Å²) in [5.41, 5.74) is 3.33. The molecular weight excluding hydrogens is 334 g/mol. The maximum Gasteiger partial charge on any atom is 0.0937 e. The maximum atomic E-state index is 10.7. The van der Waals surface area contributed by atoms with Crippen molar-refractivity contribution in [2.24, 2.45) is 0 Å². The summed E-state index contributed by atoms with van der Waals surface area (Å²) in [5, 5.41) is 11.8. The first kappa shape index (κ1) is 18.0. The van der Waals surface area contributed by atoms with E-state index in [1.165, 1.54) is 5.56 Å². The number of H-pyrrole nitrogens is 1. The van der Waals surface area contributed by atoms with Gasteiger partial charge < -0.3 is 10.1 Å². The summed E-state index contributed by atoms with van der Waals surface area (Å²) >= 11 is 0. The molecule has 0 amide bonds. The molecule has 140 valence electrons. The lowest BCUT2D eigenvalue weighted by atomic mass is 10.1. The highest BCUT2D eigenvalue weighted by molar-refractivity contribution is 5.83. The first-order valence-corrected chi connectivity index (χ1v) is 9.70. The van der Waals surface area contributed by atoms with Crippen molar-refractivity contribution in [2.45, 2.75) is 6.10 Å². The third-order valence-corrected chi connectivity index (χ3v) is 5.35. The molecule has 2 N–H and O–H groups in total. The fourth-order valence-electron chi connectivity index (χ4n) is 3.77. The molecule has 1 atom stereocenters. The molecule has 0 spiro atoms. The van der Waals surface area contributed by atoms with Gasteiger partial charge in [-0.05, 0) is 11.6 Å². The average molecular weight is 361 g/mol. The average Bonchev–Trinajstić information content (AvgIpc) is 3.14. The molecule has 0 aliphatic carbocycles. The minimum atomic E-state index is -0.453. The Bertz CT molecular complexity index is 879. The van der Waals surface area contributed by atoms with Crippen LogP contribution in [0.2, 0.25) is 0 Å². The Labute approximate surface area is 160 Å². The zero-order valence-electron chi connectivity index (χ0n) is 15.6. The van der Waals surface area contributed by atoms with E-state index in [9.17, 15) is 5.11 Å². The van der Waals surface area contributed by atoms with Gasteiger partial charge in [-0.2, -0.15) is 0 Å². The molecule has 3 aromatic rings. The number of rotatable bonds is 6. The van der Waals surface area contributed by atoms with Gasteiger partial charge >= 0.3 is 0 Å². The van der Waals surface area contributed by atoms with Gasteiger partial charge in [-0.3, -0.25) is 9.80 Å². The molecule has 0 radical (unpaired) electrons. The molecule has 0 saturated carbocycles. The number of β-amino-alcohol motifs (C(OH)–C–C–N with tert-alkyl or cyclic N) is 1. The van der Waals surface area contributed by atoms with Crippen molar-refractivity contribution in [2.75, 3.05) is 39.3 Å². The molecule has 1 aromatic heterocycles. The van der Waals surface area contributed by atoms with E-state index in [-0.39, 0.29) is 0 Å². The number of aliphatic hydroxyl groups excluding tert-OH is 1. The number of aliphatic hydroxyl groups is 1. The lowest BCUT2D eigenvalue weighted by molar-refractivity contribution is 0.0770. The van der Waals surface area contributed by atoms with Crippen LogP contribution in [-0.4, -0.2) is 59.2 Å². The molecule has 1 aliphatic rings. The number of aromatic amines is 1. The zero-order valence-corrected chi connectivity index (χ0v) is 15.6. The second-order valence-corrected chi connectivity index (χ2v) is 7.22. The summed E-state index contributed by atoms with van der Waals surface area (Å²) < 4.78 is 0. The topological polar surface area (TPSA) is 42.5 Å². The first-order chi connectivity index (χ1) is 13.3. The molecular formula is C23H27N3O. The highest BCUT2D eigenvalue weighted by Gasteiger charge is 2.20. The molecule has 4 heteroatoms. The van der Waals surface area contributed by atoms with E-state index in [0.29, 0.717) is 6.54 Å². The third kappa shape index (κ3) is 4.48. The SMILES string of the molecule is OC(CN1CCN(CC=Cc2ccccc2)CC1)c1c[nH]c2ccccc12. The van der Waals surface area contributed by atoms with Crippen LogP contribution in [-0.2, 0) is 0 Å². The van der Waals surface area contributed by atoms with Gasteiger partial charge in [0.05, 0.1) is 6.10 Å². The van der Waals surface area contributed by atoms with Gasteiger partial charge in [0.25, 0.3) is 0 Å². The molecule has 4 nitrogen and oxygen atoms in total. The van der Waals surface area contributed by atoms with Gasteiger partial charge in [-0.25, -0.2) is 0 Å². The fourth-order valence-corrected chi connectivity index (χ4v) is 3.77. The summed E-state index contributed by atoms with van der Waals surface area (Å²) in [5.74, 6) is 0. The van der Waals surface area contributed by atoms with Crippen molar-refractivity contribution >= 4 is 17.0 Å². The normalized spacial score (nSPS) is 17.7. The number of nitrogens with zero attached hydrogens (tertiary/aromatic N) is 2. The van der Waals surface area contributed by atoms with E-state index in [1.54, 1.807) is 0 Å². The number of aromatic nitrogens is 1. The maximum absolute atomic E-state index is 10.7.